The van der Waals surface area contributed by atoms with Crippen LogP contribution in [0.5, 0.6) is 0 Å². The maximum absolute atomic E-state index is 12.2. The first-order valence-corrected chi connectivity index (χ1v) is 10.3. The monoisotopic (exact) mass is 383 g/mol. The molecule has 1 unspecified atom stereocenters. The van der Waals surface area contributed by atoms with Crippen LogP contribution in [-0.2, 0) is 25.9 Å². The summed E-state index contributed by atoms with van der Waals surface area (Å²) in [6, 6.07) is 8.70. The number of hydrogen-bond donors (Lipinski definition) is 2. The average Bonchev–Trinajstić information content (AvgIpc) is 2.95. The van der Waals surface area contributed by atoms with E-state index < -0.39 is 21.8 Å². The minimum atomic E-state index is -3.07. The maximum Gasteiger partial charge on any atom is 0.321 e. The van der Waals surface area contributed by atoms with Crippen molar-refractivity contribution in [1.29, 1.82) is 0 Å². The van der Waals surface area contributed by atoms with Crippen molar-refractivity contribution >= 4 is 21.8 Å². The van der Waals surface area contributed by atoms with Gasteiger partial charge in [0.1, 0.15) is 0 Å². The van der Waals surface area contributed by atoms with Crippen molar-refractivity contribution < 1.29 is 22.7 Å². The highest BCUT2D eigenvalue weighted by Gasteiger charge is 2.33. The first-order chi connectivity index (χ1) is 12.4. The van der Waals surface area contributed by atoms with Gasteiger partial charge in [-0.05, 0) is 12.0 Å². The molecule has 1 heterocycles. The molecule has 144 valence electrons. The van der Waals surface area contributed by atoms with E-state index in [9.17, 15) is 18.0 Å². The lowest BCUT2D eigenvalue weighted by Gasteiger charge is -2.27. The van der Waals surface area contributed by atoms with Gasteiger partial charge in [0.05, 0.1) is 24.7 Å². The molecule has 26 heavy (non-hydrogen) atoms. The highest BCUT2D eigenvalue weighted by Crippen LogP contribution is 2.19. The van der Waals surface area contributed by atoms with E-state index in [0.29, 0.717) is 26.1 Å². The number of carbonyl (C=O) groups excluding carboxylic acids is 2. The van der Waals surface area contributed by atoms with Gasteiger partial charge in [-0.3, -0.25) is 15.0 Å². The van der Waals surface area contributed by atoms with E-state index in [-0.39, 0.29) is 24.1 Å². The third-order valence-corrected chi connectivity index (χ3v) is 5.90. The van der Waals surface area contributed by atoms with Gasteiger partial charge < -0.3 is 10.1 Å². The summed E-state index contributed by atoms with van der Waals surface area (Å²) >= 11 is 0. The number of sulfone groups is 1. The standard InChI is InChI=1S/C17H25N3O5S/c1-25-9-8-18-17(22)19-16(21)12-20(11-14-5-3-2-4-6-14)15-7-10-26(23,24)13-15/h2-6,15H,7-13H2,1H3,(H2,18,19,21,22). The predicted molar refractivity (Wildman–Crippen MR) is 97.3 cm³/mol. The molecule has 2 rings (SSSR count). The number of benzene rings is 1. The van der Waals surface area contributed by atoms with E-state index in [4.69, 9.17) is 4.74 Å². The summed E-state index contributed by atoms with van der Waals surface area (Å²) in [5.74, 6) is -0.310. The van der Waals surface area contributed by atoms with Crippen molar-refractivity contribution in [3.8, 4) is 0 Å². The molecule has 0 aromatic heterocycles. The number of imide groups is 1. The molecule has 0 saturated carbocycles. The Labute approximate surface area is 153 Å². The van der Waals surface area contributed by atoms with Crippen molar-refractivity contribution in [2.45, 2.75) is 19.0 Å². The number of hydrogen-bond acceptors (Lipinski definition) is 6. The molecule has 0 bridgehead atoms. The minimum absolute atomic E-state index is 0.0349. The van der Waals surface area contributed by atoms with Crippen molar-refractivity contribution in [1.82, 2.24) is 15.5 Å². The molecule has 1 aromatic rings. The van der Waals surface area contributed by atoms with Gasteiger partial charge in [-0.25, -0.2) is 13.2 Å². The lowest BCUT2D eigenvalue weighted by molar-refractivity contribution is -0.121. The molecule has 1 saturated heterocycles. The summed E-state index contributed by atoms with van der Waals surface area (Å²) in [5, 5.41) is 4.77. The van der Waals surface area contributed by atoms with Gasteiger partial charge in [0, 0.05) is 26.2 Å². The number of amides is 3. The number of methoxy groups -OCH3 is 1. The summed E-state index contributed by atoms with van der Waals surface area (Å²) in [6.45, 7) is 1.04. The second kappa shape index (κ2) is 9.65. The fraction of sp³-hybridized carbons (Fsp3) is 0.529. The third kappa shape index (κ3) is 6.74. The second-order valence-corrected chi connectivity index (χ2v) is 8.47. The maximum atomic E-state index is 12.2. The molecular weight excluding hydrogens is 358 g/mol. The quantitative estimate of drug-likeness (QED) is 0.619. The van der Waals surface area contributed by atoms with Gasteiger partial charge in [0.25, 0.3) is 0 Å². The Bertz CT molecular complexity index is 708. The van der Waals surface area contributed by atoms with Crippen LogP contribution in [0.3, 0.4) is 0 Å². The molecule has 0 spiro atoms. The number of nitrogens with one attached hydrogen (secondary N) is 2. The van der Waals surface area contributed by atoms with Gasteiger partial charge in [0.2, 0.25) is 5.91 Å². The molecule has 1 aromatic carbocycles. The summed E-state index contributed by atoms with van der Waals surface area (Å²) in [5.41, 5.74) is 0.981. The van der Waals surface area contributed by atoms with E-state index in [1.54, 1.807) is 0 Å². The van der Waals surface area contributed by atoms with Crippen LogP contribution in [0.15, 0.2) is 30.3 Å². The number of carbonyl (C=O) groups is 2. The molecule has 2 N–H and O–H groups in total. The zero-order valence-corrected chi connectivity index (χ0v) is 15.6. The molecule has 1 atom stereocenters. The first-order valence-electron chi connectivity index (χ1n) is 8.44. The van der Waals surface area contributed by atoms with Crippen molar-refractivity contribution in [2.75, 3.05) is 38.3 Å². The molecule has 3 amide bonds. The summed E-state index contributed by atoms with van der Waals surface area (Å²) in [6.07, 6.45) is 0.489. The second-order valence-electron chi connectivity index (χ2n) is 6.24. The third-order valence-electron chi connectivity index (χ3n) is 4.14. The molecule has 1 aliphatic heterocycles. The van der Waals surface area contributed by atoms with Crippen LogP contribution in [0.4, 0.5) is 4.79 Å². The largest absolute Gasteiger partial charge is 0.383 e. The van der Waals surface area contributed by atoms with Gasteiger partial charge in [-0.1, -0.05) is 30.3 Å². The summed E-state index contributed by atoms with van der Waals surface area (Å²) < 4.78 is 28.4. The molecule has 9 heteroatoms. The van der Waals surface area contributed by atoms with Crippen LogP contribution in [0.2, 0.25) is 0 Å². The van der Waals surface area contributed by atoms with Crippen molar-refractivity contribution in [3.63, 3.8) is 0 Å². The normalized spacial score (nSPS) is 18.6. The number of rotatable bonds is 8. The van der Waals surface area contributed by atoms with Crippen molar-refractivity contribution in [2.24, 2.45) is 0 Å². The molecule has 1 aliphatic rings. The van der Waals surface area contributed by atoms with Gasteiger partial charge in [-0.2, -0.15) is 0 Å². The Balaban J connectivity index is 1.97. The molecule has 0 aliphatic carbocycles. The number of urea groups is 1. The van der Waals surface area contributed by atoms with E-state index in [2.05, 4.69) is 10.6 Å². The van der Waals surface area contributed by atoms with E-state index in [1.165, 1.54) is 7.11 Å². The molecular formula is C17H25N3O5S. The zero-order chi connectivity index (χ0) is 19.0. The Kier molecular flexibility index (Phi) is 7.55. The van der Waals surface area contributed by atoms with Crippen molar-refractivity contribution in [3.05, 3.63) is 35.9 Å². The van der Waals surface area contributed by atoms with Crippen LogP contribution in [-0.4, -0.2) is 69.6 Å². The Hall–Kier alpha value is -1.97. The molecule has 0 radical (unpaired) electrons. The number of ether oxygens (including phenoxy) is 1. The summed E-state index contributed by atoms with van der Waals surface area (Å²) in [7, 11) is -1.56. The fourth-order valence-electron chi connectivity index (χ4n) is 2.86. The van der Waals surface area contributed by atoms with Crippen LogP contribution in [0, 0.1) is 0 Å². The highest BCUT2D eigenvalue weighted by molar-refractivity contribution is 7.91. The van der Waals surface area contributed by atoms with E-state index >= 15 is 0 Å². The zero-order valence-electron chi connectivity index (χ0n) is 14.8. The first kappa shape index (κ1) is 20.3. The van der Waals surface area contributed by atoms with E-state index in [1.807, 2.05) is 35.2 Å². The fourth-order valence-corrected chi connectivity index (χ4v) is 4.62. The predicted octanol–water partition coefficient (Wildman–Crippen LogP) is 0.148. The summed E-state index contributed by atoms with van der Waals surface area (Å²) in [4.78, 5) is 25.7. The van der Waals surface area contributed by atoms with Gasteiger partial charge >= 0.3 is 6.03 Å². The highest BCUT2D eigenvalue weighted by atomic mass is 32.2. The van der Waals surface area contributed by atoms with Crippen LogP contribution < -0.4 is 10.6 Å². The van der Waals surface area contributed by atoms with Crippen LogP contribution >= 0.6 is 0 Å². The number of nitrogens with zero attached hydrogens (tertiary/aromatic N) is 1. The molecule has 8 nitrogen and oxygen atoms in total. The Morgan fingerprint density at radius 2 is 2.00 bits per heavy atom. The van der Waals surface area contributed by atoms with Gasteiger partial charge in [-0.15, -0.1) is 0 Å². The van der Waals surface area contributed by atoms with Gasteiger partial charge in [0.15, 0.2) is 9.84 Å². The lowest BCUT2D eigenvalue weighted by Crippen LogP contribution is -2.47. The van der Waals surface area contributed by atoms with Crippen LogP contribution in [0.1, 0.15) is 12.0 Å². The topological polar surface area (TPSA) is 105 Å². The lowest BCUT2D eigenvalue weighted by atomic mass is 10.1. The Morgan fingerprint density at radius 3 is 2.62 bits per heavy atom. The van der Waals surface area contributed by atoms with E-state index in [0.717, 1.165) is 5.56 Å². The average molecular weight is 383 g/mol. The smallest absolute Gasteiger partial charge is 0.321 e. The minimum Gasteiger partial charge on any atom is -0.383 e. The van der Waals surface area contributed by atoms with Crippen LogP contribution in [0.25, 0.3) is 0 Å². The Morgan fingerprint density at radius 1 is 1.27 bits per heavy atom. The molecule has 1 fully saturated rings. The SMILES string of the molecule is COCCNC(=O)NC(=O)CN(Cc1ccccc1)C1CCS(=O)(=O)C1.